The van der Waals surface area contributed by atoms with E-state index < -0.39 is 23.5 Å². The molecule has 0 saturated carbocycles. The van der Waals surface area contributed by atoms with Gasteiger partial charge >= 0.3 is 5.97 Å². The molecule has 0 saturated heterocycles. The Morgan fingerprint density at radius 1 is 1.44 bits per heavy atom. The maximum absolute atomic E-state index is 12.8. The van der Waals surface area contributed by atoms with Crippen molar-refractivity contribution in [2.75, 3.05) is 0 Å². The summed E-state index contributed by atoms with van der Waals surface area (Å²) in [6, 6.07) is 0.961. The van der Waals surface area contributed by atoms with E-state index in [9.17, 15) is 14.3 Å². The van der Waals surface area contributed by atoms with E-state index in [1.807, 2.05) is 0 Å². The van der Waals surface area contributed by atoms with Crippen LogP contribution in [0.15, 0.2) is 18.6 Å². The second kappa shape index (κ2) is 3.57. The number of aromatic nitrogens is 4. The number of carboxylic acids is 1. The summed E-state index contributed by atoms with van der Waals surface area (Å²) >= 11 is 0. The van der Waals surface area contributed by atoms with Gasteiger partial charge in [-0.3, -0.25) is 0 Å². The highest BCUT2D eigenvalue weighted by molar-refractivity contribution is 5.82. The fraction of sp³-hybridized carbons (Fsp3) is 0. The number of carboxylic acid groups (broad SMARTS) is 1. The molecule has 0 fully saturated rings. The van der Waals surface area contributed by atoms with Crippen LogP contribution in [0.5, 0.6) is 5.88 Å². The number of hydrogen-bond acceptors (Lipinski definition) is 5. The first kappa shape index (κ1) is 10.0. The molecular weight excluding hydrogens is 219 g/mol. The number of aromatic hydroxyl groups is 1. The first-order chi connectivity index (χ1) is 7.58. The molecule has 0 aliphatic rings. The highest BCUT2D eigenvalue weighted by atomic mass is 19.1. The number of aromatic carboxylic acids is 1. The first-order valence-corrected chi connectivity index (χ1v) is 4.08. The lowest BCUT2D eigenvalue weighted by molar-refractivity contribution is 0.0683. The molecular formula is C8H5FN4O3. The Hall–Kier alpha value is -2.51. The van der Waals surface area contributed by atoms with E-state index in [4.69, 9.17) is 5.11 Å². The fourth-order valence-corrected chi connectivity index (χ4v) is 1.07. The van der Waals surface area contributed by atoms with E-state index in [1.165, 1.54) is 0 Å². The molecule has 0 radical (unpaired) electrons. The highest BCUT2D eigenvalue weighted by Crippen LogP contribution is 2.17. The second-order valence-electron chi connectivity index (χ2n) is 2.81. The molecule has 0 bridgehead atoms. The Morgan fingerprint density at radius 3 is 2.81 bits per heavy atom. The minimum absolute atomic E-state index is 0.0833. The van der Waals surface area contributed by atoms with Crippen LogP contribution in [0.4, 0.5) is 4.39 Å². The molecule has 2 heterocycles. The Balaban J connectivity index is 2.50. The van der Waals surface area contributed by atoms with Crippen molar-refractivity contribution in [1.29, 1.82) is 0 Å². The average molecular weight is 224 g/mol. The molecule has 2 rings (SSSR count). The number of hydrogen-bond donors (Lipinski definition) is 2. The van der Waals surface area contributed by atoms with Crippen molar-refractivity contribution in [2.24, 2.45) is 0 Å². The smallest absolute Gasteiger partial charge is 0.375 e. The topological polar surface area (TPSA) is 101 Å². The number of pyridine rings is 1. The van der Waals surface area contributed by atoms with Gasteiger partial charge in [-0.1, -0.05) is 0 Å². The first-order valence-electron chi connectivity index (χ1n) is 4.08. The standard InChI is InChI=1S/C8H5FN4O3/c9-4-1-5(7(14)10-2-4)13-3-11-6(12-13)8(15)16/h1-3H,(H,10,14)(H,15,16). The zero-order chi connectivity index (χ0) is 11.7. The molecule has 0 atom stereocenters. The lowest BCUT2D eigenvalue weighted by Gasteiger charge is -2.01. The molecule has 0 unspecified atom stereocenters. The monoisotopic (exact) mass is 224 g/mol. The van der Waals surface area contributed by atoms with Crippen molar-refractivity contribution in [3.05, 3.63) is 30.2 Å². The second-order valence-corrected chi connectivity index (χ2v) is 2.81. The molecule has 16 heavy (non-hydrogen) atoms. The molecule has 0 aliphatic carbocycles. The van der Waals surface area contributed by atoms with E-state index in [0.29, 0.717) is 0 Å². The summed E-state index contributed by atoms with van der Waals surface area (Å²) in [5, 5.41) is 21.4. The molecule has 2 N–H and O–H groups in total. The predicted molar refractivity (Wildman–Crippen MR) is 47.7 cm³/mol. The Labute approximate surface area is 87.8 Å². The summed E-state index contributed by atoms with van der Waals surface area (Å²) in [6.45, 7) is 0. The van der Waals surface area contributed by atoms with Gasteiger partial charge in [0.2, 0.25) is 5.88 Å². The summed E-state index contributed by atoms with van der Waals surface area (Å²) in [4.78, 5) is 17.3. The molecule has 7 nitrogen and oxygen atoms in total. The quantitative estimate of drug-likeness (QED) is 0.755. The Morgan fingerprint density at radius 2 is 2.19 bits per heavy atom. The molecule has 82 valence electrons. The summed E-state index contributed by atoms with van der Waals surface area (Å²) in [7, 11) is 0. The zero-order valence-electron chi connectivity index (χ0n) is 7.70. The van der Waals surface area contributed by atoms with Crippen LogP contribution in [0.3, 0.4) is 0 Å². The lowest BCUT2D eigenvalue weighted by Crippen LogP contribution is -2.02. The van der Waals surface area contributed by atoms with Crippen LogP contribution in [0, 0.1) is 5.82 Å². The molecule has 0 aromatic carbocycles. The van der Waals surface area contributed by atoms with Crippen LogP contribution >= 0.6 is 0 Å². The van der Waals surface area contributed by atoms with Gasteiger partial charge in [-0.25, -0.2) is 23.8 Å². The van der Waals surface area contributed by atoms with Crippen molar-refractivity contribution >= 4 is 5.97 Å². The molecule has 0 spiro atoms. The predicted octanol–water partition coefficient (Wildman–Crippen LogP) is 0.205. The third-order valence-corrected chi connectivity index (χ3v) is 1.74. The van der Waals surface area contributed by atoms with Crippen LogP contribution in [0.1, 0.15) is 10.6 Å². The molecule has 2 aromatic heterocycles. The number of rotatable bonds is 2. The van der Waals surface area contributed by atoms with Gasteiger partial charge in [-0.05, 0) is 0 Å². The van der Waals surface area contributed by atoms with Crippen molar-refractivity contribution in [3.63, 3.8) is 0 Å². The van der Waals surface area contributed by atoms with Crippen LogP contribution in [0.25, 0.3) is 5.69 Å². The number of halogens is 1. The lowest BCUT2D eigenvalue weighted by atomic mass is 10.4. The summed E-state index contributed by atoms with van der Waals surface area (Å²) in [6.07, 6.45) is 1.87. The normalized spacial score (nSPS) is 10.3. The van der Waals surface area contributed by atoms with Gasteiger partial charge in [0.15, 0.2) is 0 Å². The van der Waals surface area contributed by atoms with Gasteiger partial charge in [0.25, 0.3) is 5.82 Å². The number of nitrogens with zero attached hydrogens (tertiary/aromatic N) is 4. The zero-order valence-corrected chi connectivity index (χ0v) is 7.70. The van der Waals surface area contributed by atoms with Crippen molar-refractivity contribution in [2.45, 2.75) is 0 Å². The van der Waals surface area contributed by atoms with Gasteiger partial charge in [0.1, 0.15) is 17.8 Å². The van der Waals surface area contributed by atoms with Crippen LogP contribution in [-0.2, 0) is 0 Å². The Kier molecular flexibility index (Phi) is 2.24. The molecule has 0 aliphatic heterocycles. The van der Waals surface area contributed by atoms with E-state index in [0.717, 1.165) is 23.3 Å². The van der Waals surface area contributed by atoms with Crippen LogP contribution in [0.2, 0.25) is 0 Å². The van der Waals surface area contributed by atoms with E-state index in [1.54, 1.807) is 0 Å². The molecule has 0 amide bonds. The van der Waals surface area contributed by atoms with E-state index in [2.05, 4.69) is 15.1 Å². The summed E-state index contributed by atoms with van der Waals surface area (Å²) in [5.41, 5.74) is -0.0833. The van der Waals surface area contributed by atoms with Gasteiger partial charge < -0.3 is 10.2 Å². The summed E-state index contributed by atoms with van der Waals surface area (Å²) in [5.74, 6) is -2.92. The van der Waals surface area contributed by atoms with Gasteiger partial charge in [-0.2, -0.15) is 0 Å². The van der Waals surface area contributed by atoms with Crippen molar-refractivity contribution in [3.8, 4) is 11.6 Å². The maximum Gasteiger partial charge on any atom is 0.375 e. The third kappa shape index (κ3) is 1.67. The summed E-state index contributed by atoms with van der Waals surface area (Å²) < 4.78 is 13.8. The van der Waals surface area contributed by atoms with E-state index in [-0.39, 0.29) is 5.69 Å². The molecule has 8 heteroatoms. The average Bonchev–Trinajstić information content (AvgIpc) is 2.70. The van der Waals surface area contributed by atoms with Gasteiger partial charge in [-0.15, -0.1) is 5.10 Å². The fourth-order valence-electron chi connectivity index (χ4n) is 1.07. The van der Waals surface area contributed by atoms with Gasteiger partial charge in [0.05, 0.1) is 6.20 Å². The number of carbonyl (C=O) groups is 1. The van der Waals surface area contributed by atoms with Crippen LogP contribution < -0.4 is 0 Å². The Bertz CT molecular complexity index is 554. The minimum atomic E-state index is -1.32. The highest BCUT2D eigenvalue weighted by Gasteiger charge is 2.13. The SMILES string of the molecule is O=C(O)c1ncn(-c2cc(F)cnc2O)n1. The van der Waals surface area contributed by atoms with Crippen molar-refractivity contribution < 1.29 is 19.4 Å². The maximum atomic E-state index is 12.8. The van der Waals surface area contributed by atoms with Crippen molar-refractivity contribution in [1.82, 2.24) is 19.7 Å². The largest absolute Gasteiger partial charge is 0.492 e. The van der Waals surface area contributed by atoms with Gasteiger partial charge in [0, 0.05) is 6.07 Å². The third-order valence-electron chi connectivity index (χ3n) is 1.74. The molecule has 2 aromatic rings. The van der Waals surface area contributed by atoms with Crippen LogP contribution in [-0.4, -0.2) is 35.9 Å². The van der Waals surface area contributed by atoms with E-state index >= 15 is 0 Å². The minimum Gasteiger partial charge on any atom is -0.492 e.